The van der Waals surface area contributed by atoms with E-state index in [2.05, 4.69) is 10.2 Å². The van der Waals surface area contributed by atoms with Crippen molar-refractivity contribution in [3.05, 3.63) is 131 Å². The number of rotatable bonds is 7. The lowest BCUT2D eigenvalue weighted by Gasteiger charge is -2.02. The fourth-order valence-corrected chi connectivity index (χ4v) is 3.92. The topological polar surface area (TPSA) is 86.8 Å². The predicted molar refractivity (Wildman–Crippen MR) is 135 cm³/mol. The van der Waals surface area contributed by atoms with Gasteiger partial charge < -0.3 is 0 Å². The largest absolute Gasteiger partial charge is 0.293 e. The van der Waals surface area contributed by atoms with Crippen LogP contribution in [0.1, 0.15) is 54.9 Å². The molecule has 36 heavy (non-hydrogen) atoms. The second-order valence-corrected chi connectivity index (χ2v) is 8.42. The van der Waals surface area contributed by atoms with Crippen LogP contribution in [0.15, 0.2) is 97.3 Å². The zero-order valence-corrected chi connectivity index (χ0v) is 19.8. The predicted octanol–water partition coefficient (Wildman–Crippen LogP) is 5.03. The molecule has 0 unspecified atom stereocenters. The summed E-state index contributed by atoms with van der Waals surface area (Å²) in [5, 5.41) is 8.87. The number of aromatic nitrogens is 4. The molecule has 0 aliphatic carbocycles. The van der Waals surface area contributed by atoms with Crippen LogP contribution < -0.4 is 0 Å². The molecule has 2 aromatic heterocycles. The molecule has 5 aromatic rings. The van der Waals surface area contributed by atoms with Crippen molar-refractivity contribution in [3.63, 3.8) is 0 Å². The molecular formula is C29H22N4O3. The van der Waals surface area contributed by atoms with E-state index in [4.69, 9.17) is 0 Å². The van der Waals surface area contributed by atoms with E-state index in [1.165, 1.54) is 22.5 Å². The van der Waals surface area contributed by atoms with Gasteiger partial charge in [0.25, 0.3) is 0 Å². The summed E-state index contributed by atoms with van der Waals surface area (Å²) in [6.45, 7) is 3.33. The van der Waals surface area contributed by atoms with Crippen LogP contribution >= 0.6 is 0 Å². The van der Waals surface area contributed by atoms with Gasteiger partial charge in [0.1, 0.15) is 11.4 Å². The maximum Gasteiger partial charge on any atom is 0.217 e. The maximum absolute atomic E-state index is 13.8. The van der Waals surface area contributed by atoms with E-state index in [1.54, 1.807) is 30.5 Å². The monoisotopic (exact) mass is 474 g/mol. The minimum Gasteiger partial charge on any atom is -0.293 e. The molecule has 0 aliphatic heterocycles. The van der Waals surface area contributed by atoms with E-state index < -0.39 is 5.78 Å². The summed E-state index contributed by atoms with van der Waals surface area (Å²) in [4.78, 5) is 39.7. The van der Waals surface area contributed by atoms with E-state index in [0.717, 1.165) is 5.56 Å². The van der Waals surface area contributed by atoms with Gasteiger partial charge in [-0.1, -0.05) is 66.2 Å². The van der Waals surface area contributed by atoms with Crippen molar-refractivity contribution in [1.29, 1.82) is 0 Å². The highest BCUT2D eigenvalue weighted by molar-refractivity contribution is 6.20. The van der Waals surface area contributed by atoms with Crippen molar-refractivity contribution >= 4 is 17.3 Å². The molecule has 0 saturated heterocycles. The average molecular weight is 475 g/mol. The van der Waals surface area contributed by atoms with E-state index in [1.807, 2.05) is 67.6 Å². The third kappa shape index (κ3) is 4.30. The van der Waals surface area contributed by atoms with E-state index >= 15 is 0 Å². The van der Waals surface area contributed by atoms with Gasteiger partial charge >= 0.3 is 0 Å². The molecule has 0 spiro atoms. The van der Waals surface area contributed by atoms with Crippen LogP contribution in [0.3, 0.4) is 0 Å². The third-order valence-corrected chi connectivity index (χ3v) is 5.82. The fourth-order valence-electron chi connectivity index (χ4n) is 3.92. The summed E-state index contributed by atoms with van der Waals surface area (Å²) in [5.74, 6) is -1.24. The standard InChI is InChI=1S/C29H22N4O3/c1-19-13-15-23(16-14-19)33-18-25(28(35)21-9-5-3-6-10-21)27(31-33)29(36)24-17-32(30-26(24)20(2)34)22-11-7-4-8-12-22/h3-18H,1-2H3. The minimum absolute atomic E-state index is 0.0202. The van der Waals surface area contributed by atoms with Crippen LogP contribution in [0.5, 0.6) is 0 Å². The van der Waals surface area contributed by atoms with Crippen molar-refractivity contribution in [3.8, 4) is 11.4 Å². The lowest BCUT2D eigenvalue weighted by Crippen LogP contribution is -2.12. The molecule has 7 heteroatoms. The van der Waals surface area contributed by atoms with Gasteiger partial charge in [-0.15, -0.1) is 0 Å². The molecule has 7 nitrogen and oxygen atoms in total. The molecule has 0 atom stereocenters. The van der Waals surface area contributed by atoms with Gasteiger partial charge in [0.15, 0.2) is 11.6 Å². The molecule has 0 fully saturated rings. The van der Waals surface area contributed by atoms with Gasteiger partial charge in [0.2, 0.25) is 5.78 Å². The first-order chi connectivity index (χ1) is 17.4. The summed E-state index contributed by atoms with van der Waals surface area (Å²) in [5.41, 5.74) is 3.12. The van der Waals surface area contributed by atoms with Crippen LogP contribution in [-0.4, -0.2) is 36.9 Å². The molecule has 0 amide bonds. The highest BCUT2D eigenvalue weighted by atomic mass is 16.1. The third-order valence-electron chi connectivity index (χ3n) is 5.82. The highest BCUT2D eigenvalue weighted by Crippen LogP contribution is 2.23. The quantitative estimate of drug-likeness (QED) is 0.309. The van der Waals surface area contributed by atoms with E-state index in [0.29, 0.717) is 16.9 Å². The Labute approximate surface area is 207 Å². The summed E-state index contributed by atoms with van der Waals surface area (Å²) >= 11 is 0. The molecule has 3 aromatic carbocycles. The van der Waals surface area contributed by atoms with Gasteiger partial charge in [-0.25, -0.2) is 9.36 Å². The Balaban J connectivity index is 1.65. The maximum atomic E-state index is 13.8. The van der Waals surface area contributed by atoms with Crippen LogP contribution in [0.25, 0.3) is 11.4 Å². The molecule has 0 radical (unpaired) electrons. The van der Waals surface area contributed by atoms with Crippen molar-refractivity contribution in [1.82, 2.24) is 19.6 Å². The number of nitrogens with zero attached hydrogens (tertiary/aromatic N) is 4. The summed E-state index contributed by atoms with van der Waals surface area (Å²) in [6, 6.07) is 25.5. The fraction of sp³-hybridized carbons (Fsp3) is 0.0690. The van der Waals surface area contributed by atoms with Gasteiger partial charge in [-0.3, -0.25) is 14.4 Å². The smallest absolute Gasteiger partial charge is 0.217 e. The number of aryl methyl sites for hydroxylation is 1. The van der Waals surface area contributed by atoms with Crippen LogP contribution in [0, 0.1) is 6.92 Å². The number of hydrogen-bond donors (Lipinski definition) is 0. The lowest BCUT2D eigenvalue weighted by molar-refractivity contribution is 0.0982. The molecular weight excluding hydrogens is 452 g/mol. The Morgan fingerprint density at radius 1 is 0.611 bits per heavy atom. The first-order valence-corrected chi connectivity index (χ1v) is 11.4. The molecule has 5 rings (SSSR count). The van der Waals surface area contributed by atoms with Crippen LogP contribution in [0.4, 0.5) is 0 Å². The Hall–Kier alpha value is -4.91. The molecule has 0 N–H and O–H groups in total. The van der Waals surface area contributed by atoms with Gasteiger partial charge in [-0.05, 0) is 31.2 Å². The zero-order chi connectivity index (χ0) is 25.2. The lowest BCUT2D eigenvalue weighted by atomic mass is 9.99. The Morgan fingerprint density at radius 2 is 1.11 bits per heavy atom. The Kier molecular flexibility index (Phi) is 5.96. The SMILES string of the molecule is CC(=O)c1nn(-c2ccccc2)cc1C(=O)c1nn(-c2ccc(C)cc2)cc1C(=O)c1ccccc1. The number of ketones is 3. The number of hydrogen-bond acceptors (Lipinski definition) is 5. The number of Topliss-reactive ketones (excluding diaryl/α,β-unsaturated/α-hetero) is 1. The second-order valence-electron chi connectivity index (χ2n) is 8.42. The van der Waals surface area contributed by atoms with Gasteiger partial charge in [0, 0.05) is 24.9 Å². The van der Waals surface area contributed by atoms with Gasteiger partial charge in [-0.2, -0.15) is 10.2 Å². The number of carbonyl (C=O) groups is 3. The Bertz CT molecular complexity index is 1580. The first-order valence-electron chi connectivity index (χ1n) is 11.4. The first kappa shape index (κ1) is 22.9. The van der Waals surface area contributed by atoms with Crippen molar-refractivity contribution in [2.45, 2.75) is 13.8 Å². The molecule has 2 heterocycles. The van der Waals surface area contributed by atoms with Gasteiger partial charge in [0.05, 0.1) is 22.5 Å². The molecule has 0 bridgehead atoms. The number of carbonyl (C=O) groups excluding carboxylic acids is 3. The molecule has 0 aliphatic rings. The van der Waals surface area contributed by atoms with E-state index in [-0.39, 0.29) is 34.1 Å². The minimum atomic E-state index is -0.549. The van der Waals surface area contributed by atoms with Crippen molar-refractivity contribution in [2.24, 2.45) is 0 Å². The van der Waals surface area contributed by atoms with Crippen LogP contribution in [-0.2, 0) is 0 Å². The second kappa shape index (κ2) is 9.38. The zero-order valence-electron chi connectivity index (χ0n) is 19.8. The number of benzene rings is 3. The highest BCUT2D eigenvalue weighted by Gasteiger charge is 2.29. The summed E-state index contributed by atoms with van der Waals surface area (Å²) in [7, 11) is 0. The Morgan fingerprint density at radius 3 is 1.69 bits per heavy atom. The normalized spacial score (nSPS) is 10.8. The van der Waals surface area contributed by atoms with Crippen molar-refractivity contribution in [2.75, 3.05) is 0 Å². The average Bonchev–Trinajstić information content (AvgIpc) is 3.55. The number of para-hydroxylation sites is 1. The van der Waals surface area contributed by atoms with Crippen LogP contribution in [0.2, 0.25) is 0 Å². The molecule has 176 valence electrons. The van der Waals surface area contributed by atoms with E-state index in [9.17, 15) is 14.4 Å². The summed E-state index contributed by atoms with van der Waals surface area (Å²) in [6.07, 6.45) is 3.07. The molecule has 0 saturated carbocycles. The summed E-state index contributed by atoms with van der Waals surface area (Å²) < 4.78 is 3.00. The van der Waals surface area contributed by atoms with Crippen molar-refractivity contribution < 1.29 is 14.4 Å².